The molecule has 156 valence electrons. The van der Waals surface area contributed by atoms with Crippen LogP contribution in [0.25, 0.3) is 0 Å². The second kappa shape index (κ2) is 9.55. The van der Waals surface area contributed by atoms with E-state index in [1.165, 1.54) is 16.6 Å². The standard InChI is InChI=1S/C21H21BrN4O4/c1-30-11-10-25(20(28)15-8-5-9-16(22)12-15)17-18(23)26(21(29)24-19(17)27)13-14-6-3-2-4-7-14/h2-9,12H,10-11,13,23H2,1H3,(H,24,27,29). The summed E-state index contributed by atoms with van der Waals surface area (Å²) in [5, 5.41) is 0. The first-order valence-corrected chi connectivity index (χ1v) is 9.94. The lowest BCUT2D eigenvalue weighted by molar-refractivity contribution is 0.0975. The van der Waals surface area contributed by atoms with Gasteiger partial charge < -0.3 is 10.5 Å². The highest BCUT2D eigenvalue weighted by Gasteiger charge is 2.25. The zero-order valence-electron chi connectivity index (χ0n) is 16.3. The third kappa shape index (κ3) is 4.69. The average molecular weight is 473 g/mol. The first kappa shape index (κ1) is 21.5. The number of nitrogens with two attached hydrogens (primary N) is 1. The summed E-state index contributed by atoms with van der Waals surface area (Å²) in [6.45, 7) is 0.410. The number of H-pyrrole nitrogens is 1. The van der Waals surface area contributed by atoms with Crippen molar-refractivity contribution in [2.75, 3.05) is 30.9 Å². The number of halogens is 1. The highest BCUT2D eigenvalue weighted by Crippen LogP contribution is 2.21. The fourth-order valence-corrected chi connectivity index (χ4v) is 3.44. The van der Waals surface area contributed by atoms with Gasteiger partial charge in [0.15, 0.2) is 5.69 Å². The molecule has 0 bridgehead atoms. The van der Waals surface area contributed by atoms with Crippen LogP contribution in [0.2, 0.25) is 0 Å². The summed E-state index contributed by atoms with van der Waals surface area (Å²) >= 11 is 3.34. The van der Waals surface area contributed by atoms with Gasteiger partial charge in [-0.05, 0) is 23.8 Å². The van der Waals surface area contributed by atoms with Gasteiger partial charge in [-0.15, -0.1) is 0 Å². The molecule has 30 heavy (non-hydrogen) atoms. The van der Waals surface area contributed by atoms with Crippen LogP contribution < -0.4 is 21.9 Å². The van der Waals surface area contributed by atoms with Crippen molar-refractivity contribution in [3.63, 3.8) is 0 Å². The molecule has 3 rings (SSSR count). The van der Waals surface area contributed by atoms with Crippen molar-refractivity contribution in [2.24, 2.45) is 0 Å². The van der Waals surface area contributed by atoms with Crippen LogP contribution in [0.5, 0.6) is 0 Å². The zero-order valence-corrected chi connectivity index (χ0v) is 17.9. The summed E-state index contributed by atoms with van der Waals surface area (Å²) in [6.07, 6.45) is 0. The van der Waals surface area contributed by atoms with Gasteiger partial charge in [0, 0.05) is 23.7 Å². The van der Waals surface area contributed by atoms with E-state index in [4.69, 9.17) is 10.5 Å². The average Bonchev–Trinajstić information content (AvgIpc) is 2.73. The van der Waals surface area contributed by atoms with Crippen LogP contribution in [0.4, 0.5) is 11.5 Å². The van der Waals surface area contributed by atoms with E-state index < -0.39 is 17.2 Å². The number of aromatic amines is 1. The molecule has 3 N–H and O–H groups in total. The highest BCUT2D eigenvalue weighted by atomic mass is 79.9. The van der Waals surface area contributed by atoms with Crippen molar-refractivity contribution >= 4 is 33.3 Å². The number of benzene rings is 2. The Morgan fingerprint density at radius 2 is 1.90 bits per heavy atom. The Morgan fingerprint density at radius 3 is 2.57 bits per heavy atom. The minimum Gasteiger partial charge on any atom is -0.383 e. The lowest BCUT2D eigenvalue weighted by Crippen LogP contribution is -2.42. The van der Waals surface area contributed by atoms with Crippen molar-refractivity contribution in [3.8, 4) is 0 Å². The number of hydrogen-bond acceptors (Lipinski definition) is 5. The van der Waals surface area contributed by atoms with Crippen LogP contribution in [0.3, 0.4) is 0 Å². The predicted molar refractivity (Wildman–Crippen MR) is 119 cm³/mol. The van der Waals surface area contributed by atoms with Gasteiger partial charge in [0.2, 0.25) is 0 Å². The van der Waals surface area contributed by atoms with Gasteiger partial charge in [-0.1, -0.05) is 52.3 Å². The van der Waals surface area contributed by atoms with E-state index in [-0.39, 0.29) is 31.2 Å². The third-order valence-electron chi connectivity index (χ3n) is 4.50. The number of nitrogens with zero attached hydrogens (tertiary/aromatic N) is 2. The highest BCUT2D eigenvalue weighted by molar-refractivity contribution is 9.10. The zero-order chi connectivity index (χ0) is 21.7. The number of rotatable bonds is 7. The SMILES string of the molecule is COCCN(C(=O)c1cccc(Br)c1)c1c(N)n(Cc2ccccc2)c(=O)[nH]c1=O. The van der Waals surface area contributed by atoms with Crippen molar-refractivity contribution in [1.29, 1.82) is 0 Å². The van der Waals surface area contributed by atoms with E-state index in [2.05, 4.69) is 20.9 Å². The first-order valence-electron chi connectivity index (χ1n) is 9.15. The Hall–Kier alpha value is -3.17. The van der Waals surface area contributed by atoms with Crippen LogP contribution in [-0.4, -0.2) is 35.7 Å². The molecular formula is C21H21BrN4O4. The molecule has 0 spiro atoms. The van der Waals surface area contributed by atoms with Crippen LogP contribution in [0.1, 0.15) is 15.9 Å². The lowest BCUT2D eigenvalue weighted by Gasteiger charge is -2.24. The van der Waals surface area contributed by atoms with Gasteiger partial charge in [-0.3, -0.25) is 24.0 Å². The van der Waals surface area contributed by atoms with Gasteiger partial charge in [0.25, 0.3) is 11.5 Å². The smallest absolute Gasteiger partial charge is 0.330 e. The Balaban J connectivity index is 2.11. The minimum atomic E-state index is -0.735. The van der Waals surface area contributed by atoms with Crippen LogP contribution >= 0.6 is 15.9 Å². The molecule has 0 aliphatic heterocycles. The number of ether oxygens (including phenoxy) is 1. The van der Waals surface area contributed by atoms with Crippen molar-refractivity contribution in [3.05, 3.63) is 91.0 Å². The van der Waals surface area contributed by atoms with E-state index in [1.54, 1.807) is 24.3 Å². The molecule has 0 fully saturated rings. The number of anilines is 2. The molecule has 0 saturated heterocycles. The van der Waals surface area contributed by atoms with Crippen LogP contribution in [0, 0.1) is 0 Å². The lowest BCUT2D eigenvalue weighted by atomic mass is 10.2. The number of amides is 1. The second-order valence-electron chi connectivity index (χ2n) is 6.52. The monoisotopic (exact) mass is 472 g/mol. The normalized spacial score (nSPS) is 10.7. The fraction of sp³-hybridized carbons (Fsp3) is 0.190. The Bertz CT molecular complexity index is 1160. The van der Waals surface area contributed by atoms with E-state index in [9.17, 15) is 14.4 Å². The molecule has 9 heteroatoms. The first-order chi connectivity index (χ1) is 14.4. The fourth-order valence-electron chi connectivity index (χ4n) is 3.04. The molecule has 0 unspecified atom stereocenters. The molecule has 0 aliphatic rings. The van der Waals surface area contributed by atoms with Crippen molar-refractivity contribution < 1.29 is 9.53 Å². The van der Waals surface area contributed by atoms with Gasteiger partial charge in [0.1, 0.15) is 5.82 Å². The van der Waals surface area contributed by atoms with Gasteiger partial charge in [0.05, 0.1) is 13.2 Å². The Labute approximate surface area is 181 Å². The third-order valence-corrected chi connectivity index (χ3v) is 5.00. The number of nitrogens with one attached hydrogen (secondary N) is 1. The maximum atomic E-state index is 13.2. The predicted octanol–water partition coefficient (Wildman–Crippen LogP) is 2.22. The van der Waals surface area contributed by atoms with Gasteiger partial charge >= 0.3 is 5.69 Å². The summed E-state index contributed by atoms with van der Waals surface area (Å²) in [4.78, 5) is 41.8. The van der Waals surface area contributed by atoms with Crippen LogP contribution in [0.15, 0.2) is 68.7 Å². The molecule has 2 aromatic carbocycles. The summed E-state index contributed by atoms with van der Waals surface area (Å²) in [6, 6.07) is 16.0. The quantitative estimate of drug-likeness (QED) is 0.547. The molecule has 1 amide bonds. The summed E-state index contributed by atoms with van der Waals surface area (Å²) in [5.74, 6) is -0.525. The maximum absolute atomic E-state index is 13.2. The van der Waals surface area contributed by atoms with E-state index in [1.807, 2.05) is 30.3 Å². The number of methoxy groups -OCH3 is 1. The van der Waals surface area contributed by atoms with Crippen LogP contribution in [-0.2, 0) is 11.3 Å². The summed E-state index contributed by atoms with van der Waals surface area (Å²) in [5.41, 5.74) is 5.96. The Kier molecular flexibility index (Phi) is 6.86. The number of carbonyl (C=O) groups excluding carboxylic acids is 1. The second-order valence-corrected chi connectivity index (χ2v) is 7.44. The number of carbonyl (C=O) groups is 1. The molecule has 1 heterocycles. The molecule has 3 aromatic rings. The summed E-state index contributed by atoms with van der Waals surface area (Å²) in [7, 11) is 1.49. The van der Waals surface area contributed by atoms with Gasteiger partial charge in [-0.2, -0.15) is 0 Å². The number of aromatic nitrogens is 2. The number of nitrogen functional groups attached to an aromatic ring is 1. The van der Waals surface area contributed by atoms with E-state index >= 15 is 0 Å². The molecule has 1 aromatic heterocycles. The maximum Gasteiger partial charge on any atom is 0.330 e. The summed E-state index contributed by atoms with van der Waals surface area (Å²) < 4.78 is 7.06. The largest absolute Gasteiger partial charge is 0.383 e. The Morgan fingerprint density at radius 1 is 1.17 bits per heavy atom. The van der Waals surface area contributed by atoms with Crippen molar-refractivity contribution in [2.45, 2.75) is 6.54 Å². The molecule has 8 nitrogen and oxygen atoms in total. The minimum absolute atomic E-state index is 0.0820. The van der Waals surface area contributed by atoms with E-state index in [0.29, 0.717) is 5.56 Å². The molecular weight excluding hydrogens is 452 g/mol. The molecule has 0 radical (unpaired) electrons. The van der Waals surface area contributed by atoms with Gasteiger partial charge in [-0.25, -0.2) is 4.79 Å². The van der Waals surface area contributed by atoms with Crippen molar-refractivity contribution in [1.82, 2.24) is 9.55 Å². The molecule has 0 atom stereocenters. The number of hydrogen-bond donors (Lipinski definition) is 2. The topological polar surface area (TPSA) is 110 Å². The molecule has 0 aliphatic carbocycles. The van der Waals surface area contributed by atoms with E-state index in [0.717, 1.165) is 10.0 Å². The molecule has 0 saturated carbocycles.